The molecule has 0 spiro atoms. The first-order valence-corrected chi connectivity index (χ1v) is 6.81. The molecule has 1 aromatic rings. The molecule has 16 heavy (non-hydrogen) atoms. The van der Waals surface area contributed by atoms with Gasteiger partial charge in [-0.25, -0.2) is 0 Å². The highest BCUT2D eigenvalue weighted by atomic mass is 35.5. The summed E-state index contributed by atoms with van der Waals surface area (Å²) in [6, 6.07) is 4.33. The molecule has 0 amide bonds. The molecule has 2 rings (SSSR count). The van der Waals surface area contributed by atoms with E-state index < -0.39 is 0 Å². The van der Waals surface area contributed by atoms with Crippen LogP contribution in [-0.4, -0.2) is 10.4 Å². The predicted molar refractivity (Wildman–Crippen MR) is 68.9 cm³/mol. The second kappa shape index (κ2) is 5.67. The summed E-state index contributed by atoms with van der Waals surface area (Å²) in [5.41, 5.74) is 2.52. The molecule has 0 radical (unpaired) electrons. The van der Waals surface area contributed by atoms with Crippen LogP contribution in [-0.2, 0) is 12.8 Å². The lowest BCUT2D eigenvalue weighted by molar-refractivity contribution is 0.632. The standard InChI is InChI=1S/C14H20ClN/c1-2-11-6-9-13(16-10-11)4-3-5-14(15)12-7-8-12/h6,9-10,12,14H,2-5,7-8H2,1H3. The largest absolute Gasteiger partial charge is 0.261 e. The number of aromatic nitrogens is 1. The first-order chi connectivity index (χ1) is 7.79. The Morgan fingerprint density at radius 2 is 2.25 bits per heavy atom. The summed E-state index contributed by atoms with van der Waals surface area (Å²) >= 11 is 6.27. The number of nitrogens with zero attached hydrogens (tertiary/aromatic N) is 1. The van der Waals surface area contributed by atoms with E-state index in [1.165, 1.54) is 30.5 Å². The van der Waals surface area contributed by atoms with Crippen LogP contribution in [0, 0.1) is 5.92 Å². The second-order valence-electron chi connectivity index (χ2n) is 4.76. The summed E-state index contributed by atoms with van der Waals surface area (Å²) < 4.78 is 0. The monoisotopic (exact) mass is 237 g/mol. The van der Waals surface area contributed by atoms with Gasteiger partial charge in [0.2, 0.25) is 0 Å². The Morgan fingerprint density at radius 3 is 2.81 bits per heavy atom. The molecular formula is C14H20ClN. The van der Waals surface area contributed by atoms with E-state index in [-0.39, 0.29) is 0 Å². The van der Waals surface area contributed by atoms with Crippen LogP contribution in [0.15, 0.2) is 18.3 Å². The van der Waals surface area contributed by atoms with Crippen LogP contribution in [0.4, 0.5) is 0 Å². The van der Waals surface area contributed by atoms with E-state index in [0.717, 1.165) is 25.2 Å². The molecule has 88 valence electrons. The van der Waals surface area contributed by atoms with Gasteiger partial charge in [-0.2, -0.15) is 0 Å². The summed E-state index contributed by atoms with van der Waals surface area (Å²) in [6.07, 6.45) is 9.13. The van der Waals surface area contributed by atoms with Crippen molar-refractivity contribution in [3.63, 3.8) is 0 Å². The van der Waals surface area contributed by atoms with Gasteiger partial charge in [-0.05, 0) is 56.1 Å². The smallest absolute Gasteiger partial charge is 0.0403 e. The molecule has 0 aliphatic heterocycles. The summed E-state index contributed by atoms with van der Waals surface area (Å²) in [5.74, 6) is 0.817. The molecule has 1 unspecified atom stereocenters. The lowest BCUT2D eigenvalue weighted by atomic mass is 10.1. The highest BCUT2D eigenvalue weighted by Crippen LogP contribution is 2.37. The first kappa shape index (κ1) is 11.9. The highest BCUT2D eigenvalue weighted by Gasteiger charge is 2.28. The lowest BCUT2D eigenvalue weighted by Gasteiger charge is -2.07. The van der Waals surface area contributed by atoms with Crippen LogP contribution in [0.25, 0.3) is 0 Å². The highest BCUT2D eigenvalue weighted by molar-refractivity contribution is 6.20. The van der Waals surface area contributed by atoms with Gasteiger partial charge in [-0.1, -0.05) is 13.0 Å². The number of aryl methyl sites for hydroxylation is 2. The van der Waals surface area contributed by atoms with E-state index in [2.05, 4.69) is 24.0 Å². The maximum Gasteiger partial charge on any atom is 0.0403 e. The average molecular weight is 238 g/mol. The third-order valence-electron chi connectivity index (χ3n) is 3.34. The van der Waals surface area contributed by atoms with Gasteiger partial charge in [0.15, 0.2) is 0 Å². The lowest BCUT2D eigenvalue weighted by Crippen LogP contribution is -2.02. The van der Waals surface area contributed by atoms with Crippen molar-refractivity contribution >= 4 is 11.6 Å². The van der Waals surface area contributed by atoms with Crippen LogP contribution >= 0.6 is 11.6 Å². The fraction of sp³-hybridized carbons (Fsp3) is 0.643. The van der Waals surface area contributed by atoms with Crippen LogP contribution in [0.3, 0.4) is 0 Å². The maximum atomic E-state index is 6.27. The number of alkyl halides is 1. The van der Waals surface area contributed by atoms with Crippen molar-refractivity contribution in [2.75, 3.05) is 0 Å². The number of halogens is 1. The molecule has 0 aromatic carbocycles. The van der Waals surface area contributed by atoms with Crippen LogP contribution in [0.1, 0.15) is 43.9 Å². The van der Waals surface area contributed by atoms with Crippen molar-refractivity contribution in [1.29, 1.82) is 0 Å². The van der Waals surface area contributed by atoms with Crippen LogP contribution in [0.2, 0.25) is 0 Å². The zero-order valence-corrected chi connectivity index (χ0v) is 10.7. The van der Waals surface area contributed by atoms with E-state index in [1.807, 2.05) is 6.20 Å². The molecule has 0 N–H and O–H groups in total. The quantitative estimate of drug-likeness (QED) is 0.682. The van der Waals surface area contributed by atoms with Crippen molar-refractivity contribution in [1.82, 2.24) is 4.98 Å². The number of pyridine rings is 1. The number of hydrogen-bond acceptors (Lipinski definition) is 1. The summed E-state index contributed by atoms with van der Waals surface area (Å²) in [6.45, 7) is 2.16. The van der Waals surface area contributed by atoms with Crippen molar-refractivity contribution in [2.24, 2.45) is 5.92 Å². The van der Waals surface area contributed by atoms with E-state index >= 15 is 0 Å². The van der Waals surface area contributed by atoms with Crippen molar-refractivity contribution in [3.8, 4) is 0 Å². The predicted octanol–water partition coefficient (Wildman–Crippen LogP) is 3.98. The van der Waals surface area contributed by atoms with Crippen molar-refractivity contribution in [3.05, 3.63) is 29.6 Å². The Kier molecular flexibility index (Phi) is 4.22. The van der Waals surface area contributed by atoms with Gasteiger partial charge >= 0.3 is 0 Å². The van der Waals surface area contributed by atoms with E-state index in [0.29, 0.717) is 5.38 Å². The molecular weight excluding hydrogens is 218 g/mol. The summed E-state index contributed by atoms with van der Waals surface area (Å²) in [4.78, 5) is 4.46. The Hall–Kier alpha value is -0.560. The molecule has 0 bridgehead atoms. The fourth-order valence-electron chi connectivity index (χ4n) is 1.98. The van der Waals surface area contributed by atoms with Gasteiger partial charge in [0, 0.05) is 17.3 Å². The first-order valence-electron chi connectivity index (χ1n) is 6.37. The molecule has 0 saturated heterocycles. The molecule has 1 aromatic heterocycles. The summed E-state index contributed by atoms with van der Waals surface area (Å²) in [5, 5.41) is 0.412. The Balaban J connectivity index is 1.71. The second-order valence-corrected chi connectivity index (χ2v) is 5.32. The van der Waals surface area contributed by atoms with Crippen LogP contribution < -0.4 is 0 Å². The van der Waals surface area contributed by atoms with Gasteiger partial charge in [0.25, 0.3) is 0 Å². The molecule has 1 saturated carbocycles. The van der Waals surface area contributed by atoms with Crippen molar-refractivity contribution in [2.45, 2.75) is 50.8 Å². The molecule has 2 heteroatoms. The average Bonchev–Trinajstić information content (AvgIpc) is 3.14. The molecule has 1 atom stereocenters. The minimum Gasteiger partial charge on any atom is -0.261 e. The normalized spacial score (nSPS) is 17.4. The molecule has 1 nitrogen and oxygen atoms in total. The number of rotatable bonds is 6. The molecule has 1 fully saturated rings. The van der Waals surface area contributed by atoms with E-state index in [9.17, 15) is 0 Å². The van der Waals surface area contributed by atoms with Gasteiger partial charge in [0.05, 0.1) is 0 Å². The zero-order chi connectivity index (χ0) is 11.4. The third-order valence-corrected chi connectivity index (χ3v) is 3.92. The van der Waals surface area contributed by atoms with Gasteiger partial charge in [0.1, 0.15) is 0 Å². The van der Waals surface area contributed by atoms with Gasteiger partial charge in [-0.15, -0.1) is 11.6 Å². The van der Waals surface area contributed by atoms with Gasteiger partial charge in [-0.3, -0.25) is 4.98 Å². The van der Waals surface area contributed by atoms with Gasteiger partial charge < -0.3 is 0 Å². The minimum absolute atomic E-state index is 0.412. The van der Waals surface area contributed by atoms with Crippen molar-refractivity contribution < 1.29 is 0 Å². The topological polar surface area (TPSA) is 12.9 Å². The van der Waals surface area contributed by atoms with E-state index in [1.54, 1.807) is 0 Å². The maximum absolute atomic E-state index is 6.27. The number of hydrogen-bond donors (Lipinski definition) is 0. The zero-order valence-electron chi connectivity index (χ0n) is 9.95. The SMILES string of the molecule is CCc1ccc(CCCC(Cl)C2CC2)nc1. The molecule has 1 heterocycles. The molecule has 1 aliphatic carbocycles. The Bertz CT molecular complexity index is 316. The fourth-order valence-corrected chi connectivity index (χ4v) is 2.39. The Morgan fingerprint density at radius 1 is 1.44 bits per heavy atom. The van der Waals surface area contributed by atoms with E-state index in [4.69, 9.17) is 11.6 Å². The summed E-state index contributed by atoms with van der Waals surface area (Å²) in [7, 11) is 0. The Labute approximate surface area is 103 Å². The molecule has 1 aliphatic rings. The third kappa shape index (κ3) is 3.48. The van der Waals surface area contributed by atoms with Crippen LogP contribution in [0.5, 0.6) is 0 Å². The minimum atomic E-state index is 0.412.